The predicted molar refractivity (Wildman–Crippen MR) is 90.5 cm³/mol. The Hall–Kier alpha value is -0.820. The molecule has 1 aromatic carbocycles. The van der Waals surface area contributed by atoms with Crippen LogP contribution in [0.5, 0.6) is 0 Å². The van der Waals surface area contributed by atoms with Crippen LogP contribution in [0.3, 0.4) is 0 Å². The summed E-state index contributed by atoms with van der Waals surface area (Å²) in [6.07, 6.45) is 13.1. The van der Waals surface area contributed by atoms with Gasteiger partial charge < -0.3 is 5.73 Å². The van der Waals surface area contributed by atoms with E-state index >= 15 is 0 Å². The van der Waals surface area contributed by atoms with Crippen LogP contribution in [0.1, 0.15) is 81.8 Å². The molecule has 2 N–H and O–H groups in total. The van der Waals surface area contributed by atoms with Gasteiger partial charge in [0, 0.05) is 5.54 Å². The van der Waals surface area contributed by atoms with Gasteiger partial charge in [0.2, 0.25) is 0 Å². The van der Waals surface area contributed by atoms with Crippen molar-refractivity contribution >= 4 is 0 Å². The van der Waals surface area contributed by atoms with E-state index in [0.717, 1.165) is 5.92 Å². The molecular weight excluding hydrogens is 254 g/mol. The maximum absolute atomic E-state index is 6.86. The van der Waals surface area contributed by atoms with Crippen molar-refractivity contribution in [2.45, 2.75) is 82.6 Å². The van der Waals surface area contributed by atoms with Gasteiger partial charge in [-0.25, -0.2) is 0 Å². The van der Waals surface area contributed by atoms with Crippen molar-refractivity contribution in [3.8, 4) is 0 Å². The van der Waals surface area contributed by atoms with Gasteiger partial charge in [0.05, 0.1) is 0 Å². The van der Waals surface area contributed by atoms with Crippen LogP contribution >= 0.6 is 0 Å². The predicted octanol–water partition coefficient (Wildman–Crippen LogP) is 5.18. The highest BCUT2D eigenvalue weighted by atomic mass is 14.7. The molecule has 2 aliphatic carbocycles. The average Bonchev–Trinajstić information content (AvgIpc) is 2.69. The summed E-state index contributed by atoms with van der Waals surface area (Å²) in [5.74, 6) is 1.63. The molecule has 1 saturated carbocycles. The Morgan fingerprint density at radius 3 is 2.81 bits per heavy atom. The van der Waals surface area contributed by atoms with Gasteiger partial charge in [-0.3, -0.25) is 0 Å². The summed E-state index contributed by atoms with van der Waals surface area (Å²) in [4.78, 5) is 0. The zero-order chi connectivity index (χ0) is 14.7. The van der Waals surface area contributed by atoms with Crippen molar-refractivity contribution in [2.75, 3.05) is 0 Å². The van der Waals surface area contributed by atoms with Gasteiger partial charge >= 0.3 is 0 Å². The van der Waals surface area contributed by atoms with Crippen LogP contribution in [0.25, 0.3) is 0 Å². The largest absolute Gasteiger partial charge is 0.325 e. The van der Waals surface area contributed by atoms with Crippen molar-refractivity contribution in [3.05, 3.63) is 35.4 Å². The van der Waals surface area contributed by atoms with Crippen LogP contribution in [0.4, 0.5) is 0 Å². The topological polar surface area (TPSA) is 26.0 Å². The van der Waals surface area contributed by atoms with Gasteiger partial charge in [-0.2, -0.15) is 0 Å². The van der Waals surface area contributed by atoms with Gasteiger partial charge in [-0.1, -0.05) is 50.5 Å². The quantitative estimate of drug-likeness (QED) is 0.760. The van der Waals surface area contributed by atoms with E-state index in [4.69, 9.17) is 5.73 Å². The SMILES string of the molecule is CCC1CCCC(N)(CC2CCCc3ccccc32)CC1. The van der Waals surface area contributed by atoms with E-state index in [-0.39, 0.29) is 5.54 Å². The number of rotatable bonds is 3. The lowest BCUT2D eigenvalue weighted by atomic mass is 9.74. The standard InChI is InChI=1S/C20H31N/c1-2-16-7-6-13-20(21,14-12-16)15-18-10-5-9-17-8-3-4-11-19(17)18/h3-4,8,11,16,18H,2,5-7,9-10,12-15,21H2,1H3. The van der Waals surface area contributed by atoms with Gasteiger partial charge in [0.1, 0.15) is 0 Å². The third kappa shape index (κ3) is 3.51. The zero-order valence-corrected chi connectivity index (χ0v) is 13.6. The Kier molecular flexibility index (Phi) is 4.69. The molecule has 3 atom stereocenters. The van der Waals surface area contributed by atoms with E-state index < -0.39 is 0 Å². The Bertz CT molecular complexity index is 467. The minimum absolute atomic E-state index is 0.0963. The highest BCUT2D eigenvalue weighted by Crippen LogP contribution is 2.41. The third-order valence-electron chi connectivity index (χ3n) is 6.06. The maximum Gasteiger partial charge on any atom is 0.0160 e. The van der Waals surface area contributed by atoms with Crippen LogP contribution in [0, 0.1) is 5.92 Å². The first kappa shape index (κ1) is 15.1. The van der Waals surface area contributed by atoms with Crippen LogP contribution in [-0.2, 0) is 6.42 Å². The lowest BCUT2D eigenvalue weighted by molar-refractivity contribution is 0.300. The second-order valence-electron chi connectivity index (χ2n) is 7.56. The highest BCUT2D eigenvalue weighted by Gasteiger charge is 2.33. The van der Waals surface area contributed by atoms with E-state index in [0.29, 0.717) is 5.92 Å². The number of hydrogen-bond donors (Lipinski definition) is 1. The number of nitrogens with two attached hydrogens (primary N) is 1. The average molecular weight is 285 g/mol. The smallest absolute Gasteiger partial charge is 0.0160 e. The lowest BCUT2D eigenvalue weighted by Gasteiger charge is -2.35. The first-order chi connectivity index (χ1) is 10.2. The minimum atomic E-state index is 0.0963. The summed E-state index contributed by atoms with van der Waals surface area (Å²) in [6, 6.07) is 9.08. The second-order valence-corrected chi connectivity index (χ2v) is 7.56. The zero-order valence-electron chi connectivity index (χ0n) is 13.6. The van der Waals surface area contributed by atoms with Crippen LogP contribution in [-0.4, -0.2) is 5.54 Å². The molecule has 0 saturated heterocycles. The van der Waals surface area contributed by atoms with Crippen molar-refractivity contribution in [3.63, 3.8) is 0 Å². The molecule has 1 fully saturated rings. The van der Waals surface area contributed by atoms with Crippen LogP contribution < -0.4 is 5.73 Å². The number of benzene rings is 1. The van der Waals surface area contributed by atoms with E-state index in [1.165, 1.54) is 64.2 Å². The molecule has 0 amide bonds. The first-order valence-corrected chi connectivity index (χ1v) is 9.07. The van der Waals surface area contributed by atoms with Crippen molar-refractivity contribution in [2.24, 2.45) is 11.7 Å². The molecule has 116 valence electrons. The summed E-state index contributed by atoms with van der Waals surface area (Å²) in [7, 11) is 0. The second kappa shape index (κ2) is 6.52. The number of fused-ring (bicyclic) bond motifs is 1. The van der Waals surface area contributed by atoms with E-state index in [1.54, 1.807) is 11.1 Å². The van der Waals surface area contributed by atoms with Gasteiger partial charge in [0.15, 0.2) is 0 Å². The fourth-order valence-corrected chi connectivity index (χ4v) is 4.67. The Morgan fingerprint density at radius 1 is 1.10 bits per heavy atom. The van der Waals surface area contributed by atoms with Crippen LogP contribution in [0.2, 0.25) is 0 Å². The Balaban J connectivity index is 1.71. The molecular formula is C20H31N. The molecule has 0 bridgehead atoms. The monoisotopic (exact) mass is 285 g/mol. The molecule has 1 heteroatoms. The Morgan fingerprint density at radius 2 is 1.95 bits per heavy atom. The molecule has 0 aromatic heterocycles. The van der Waals surface area contributed by atoms with E-state index in [1.807, 2.05) is 0 Å². The van der Waals surface area contributed by atoms with Gasteiger partial charge in [-0.05, 0) is 67.9 Å². The fourth-order valence-electron chi connectivity index (χ4n) is 4.67. The molecule has 21 heavy (non-hydrogen) atoms. The molecule has 3 rings (SSSR count). The van der Waals surface area contributed by atoms with Crippen molar-refractivity contribution in [1.29, 1.82) is 0 Å². The summed E-state index contributed by atoms with van der Waals surface area (Å²) in [6.45, 7) is 2.34. The lowest BCUT2D eigenvalue weighted by Crippen LogP contribution is -2.41. The fraction of sp³-hybridized carbons (Fsp3) is 0.700. The van der Waals surface area contributed by atoms with Crippen molar-refractivity contribution in [1.82, 2.24) is 0 Å². The molecule has 2 aliphatic rings. The van der Waals surface area contributed by atoms with Gasteiger partial charge in [0.25, 0.3) is 0 Å². The highest BCUT2D eigenvalue weighted by molar-refractivity contribution is 5.33. The molecule has 0 spiro atoms. The van der Waals surface area contributed by atoms with E-state index in [9.17, 15) is 0 Å². The minimum Gasteiger partial charge on any atom is -0.325 e. The number of aryl methyl sites for hydroxylation is 1. The molecule has 3 unspecified atom stereocenters. The summed E-state index contributed by atoms with van der Waals surface area (Å²) in [5, 5.41) is 0. The molecule has 1 aromatic rings. The molecule has 0 radical (unpaired) electrons. The summed E-state index contributed by atoms with van der Waals surface area (Å²) >= 11 is 0. The maximum atomic E-state index is 6.86. The van der Waals surface area contributed by atoms with Crippen molar-refractivity contribution < 1.29 is 0 Å². The summed E-state index contributed by atoms with van der Waals surface area (Å²) < 4.78 is 0. The normalized spacial score (nSPS) is 33.2. The first-order valence-electron chi connectivity index (χ1n) is 9.07. The van der Waals surface area contributed by atoms with Crippen LogP contribution in [0.15, 0.2) is 24.3 Å². The molecule has 1 nitrogen and oxygen atoms in total. The molecule has 0 heterocycles. The third-order valence-corrected chi connectivity index (χ3v) is 6.06. The molecule has 0 aliphatic heterocycles. The van der Waals surface area contributed by atoms with Gasteiger partial charge in [-0.15, -0.1) is 0 Å². The Labute approximate surface area is 130 Å². The summed E-state index contributed by atoms with van der Waals surface area (Å²) in [5.41, 5.74) is 10.1. The van der Waals surface area contributed by atoms with E-state index in [2.05, 4.69) is 31.2 Å². The number of hydrogen-bond acceptors (Lipinski definition) is 1.